The highest BCUT2D eigenvalue weighted by molar-refractivity contribution is 7.17. The lowest BCUT2D eigenvalue weighted by Gasteiger charge is -2.34. The maximum absolute atomic E-state index is 13.8. The molecule has 35 heavy (non-hydrogen) atoms. The molecule has 4 heterocycles. The highest BCUT2D eigenvalue weighted by atomic mass is 35.5. The molecule has 11 heteroatoms. The molecule has 0 bridgehead atoms. The number of nitrogens with zero attached hydrogens (tertiary/aromatic N) is 3. The molecule has 4 unspecified atom stereocenters. The minimum absolute atomic E-state index is 0.00846. The predicted octanol–water partition coefficient (Wildman–Crippen LogP) is 2.68. The molecule has 0 radical (unpaired) electrons. The number of fused-ring (bicyclic) bond motifs is 1. The van der Waals surface area contributed by atoms with Crippen LogP contribution in [0.2, 0.25) is 0 Å². The largest absolute Gasteiger partial charge is 0.495 e. The number of rotatable bonds is 6. The summed E-state index contributed by atoms with van der Waals surface area (Å²) in [6, 6.07) is 3.88. The molecule has 2 aliphatic heterocycles. The highest BCUT2D eigenvalue weighted by Gasteiger charge is 2.53. The quantitative estimate of drug-likeness (QED) is 0.585. The van der Waals surface area contributed by atoms with Crippen LogP contribution in [0.25, 0.3) is 10.6 Å². The van der Waals surface area contributed by atoms with Crippen molar-refractivity contribution in [3.8, 4) is 16.3 Å². The van der Waals surface area contributed by atoms with Crippen molar-refractivity contribution < 1.29 is 23.9 Å². The summed E-state index contributed by atoms with van der Waals surface area (Å²) in [6.07, 6.45) is 5.86. The van der Waals surface area contributed by atoms with Crippen molar-refractivity contribution in [3.63, 3.8) is 0 Å². The summed E-state index contributed by atoms with van der Waals surface area (Å²) in [5.74, 6) is -0.133. The number of halogens is 1. The van der Waals surface area contributed by atoms with Crippen LogP contribution in [0.15, 0.2) is 24.4 Å². The maximum atomic E-state index is 13.8. The van der Waals surface area contributed by atoms with Crippen molar-refractivity contribution >= 4 is 40.5 Å². The topological polar surface area (TPSA) is 111 Å². The number of likely N-dealkylation sites (tertiary alicyclic amines) is 1. The first kappa shape index (κ1) is 24.1. The monoisotopic (exact) mass is 518 g/mol. The molecule has 1 aliphatic carbocycles. The first-order chi connectivity index (χ1) is 17.0. The van der Waals surface area contributed by atoms with Gasteiger partial charge in [-0.25, -0.2) is 0 Å². The molecule has 2 saturated heterocycles. The molecule has 1 N–H and O–H groups in total. The third-order valence-corrected chi connectivity index (χ3v) is 8.52. The minimum atomic E-state index is -0.721. The first-order valence-corrected chi connectivity index (χ1v) is 13.1. The Balaban J connectivity index is 1.36. The molecule has 3 fully saturated rings. The number of carbonyl (C=O) groups is 3. The summed E-state index contributed by atoms with van der Waals surface area (Å²) < 4.78 is 10.7. The van der Waals surface area contributed by atoms with Crippen LogP contribution in [0.1, 0.15) is 41.8 Å². The van der Waals surface area contributed by atoms with Gasteiger partial charge < -0.3 is 19.7 Å². The summed E-state index contributed by atoms with van der Waals surface area (Å²) >= 11 is 7.69. The lowest BCUT2D eigenvalue weighted by atomic mass is 9.83. The number of Topliss-reactive ketones (excluding diaryl/α,β-unsaturated/α-hetero) is 1. The van der Waals surface area contributed by atoms with E-state index in [1.165, 1.54) is 22.4 Å². The van der Waals surface area contributed by atoms with Gasteiger partial charge in [0.1, 0.15) is 36.2 Å². The number of methoxy groups -OCH3 is 1. The molecule has 3 aliphatic rings. The van der Waals surface area contributed by atoms with Crippen LogP contribution < -0.4 is 10.1 Å². The number of ketones is 1. The Labute approximate surface area is 212 Å². The van der Waals surface area contributed by atoms with Crippen LogP contribution in [0.3, 0.4) is 0 Å². The molecule has 0 aromatic carbocycles. The van der Waals surface area contributed by atoms with Gasteiger partial charge in [-0.05, 0) is 30.9 Å². The Bertz CT molecular complexity index is 1120. The van der Waals surface area contributed by atoms with Crippen molar-refractivity contribution in [2.75, 3.05) is 20.3 Å². The van der Waals surface area contributed by atoms with Crippen LogP contribution in [0, 0.1) is 5.92 Å². The summed E-state index contributed by atoms with van der Waals surface area (Å²) in [5, 5.41) is 10.6. The Morgan fingerprint density at radius 3 is 2.86 bits per heavy atom. The second-order valence-electron chi connectivity index (χ2n) is 9.19. The van der Waals surface area contributed by atoms with Crippen molar-refractivity contribution in [2.45, 2.75) is 55.7 Å². The van der Waals surface area contributed by atoms with Gasteiger partial charge in [-0.3, -0.25) is 14.4 Å². The number of alkyl halides is 1. The van der Waals surface area contributed by atoms with Crippen molar-refractivity contribution in [1.29, 1.82) is 0 Å². The Kier molecular flexibility index (Phi) is 7.04. The van der Waals surface area contributed by atoms with Gasteiger partial charge in [0.05, 0.1) is 28.4 Å². The van der Waals surface area contributed by atoms with Crippen LogP contribution >= 0.6 is 22.9 Å². The van der Waals surface area contributed by atoms with Crippen molar-refractivity contribution in [1.82, 2.24) is 20.4 Å². The second kappa shape index (κ2) is 10.2. The van der Waals surface area contributed by atoms with Gasteiger partial charge in [-0.2, -0.15) is 5.10 Å². The van der Waals surface area contributed by atoms with Gasteiger partial charge in [-0.15, -0.1) is 28.0 Å². The smallest absolute Gasteiger partial charge is 0.262 e. The summed E-state index contributed by atoms with van der Waals surface area (Å²) in [6.45, 7) is 0.201. The first-order valence-electron chi connectivity index (χ1n) is 11.8. The van der Waals surface area contributed by atoms with E-state index in [1.807, 2.05) is 0 Å². The molecular formula is C24H27ClN4O5S. The molecule has 4 atom stereocenters. The Morgan fingerprint density at radius 2 is 2.09 bits per heavy atom. The number of ether oxygens (including phenoxy) is 2. The molecule has 9 nitrogen and oxygen atoms in total. The molecular weight excluding hydrogens is 492 g/mol. The Hall–Kier alpha value is -2.56. The molecule has 186 valence electrons. The molecule has 1 saturated carbocycles. The second-order valence-corrected chi connectivity index (χ2v) is 10.8. The van der Waals surface area contributed by atoms with Gasteiger partial charge in [0.25, 0.3) is 5.91 Å². The third-order valence-electron chi connectivity index (χ3n) is 7.03. The van der Waals surface area contributed by atoms with Gasteiger partial charge in [-0.1, -0.05) is 19.3 Å². The summed E-state index contributed by atoms with van der Waals surface area (Å²) in [5.41, 5.74) is 0.601. The molecule has 0 spiro atoms. The molecule has 2 amide bonds. The molecule has 2 aromatic heterocycles. The van der Waals surface area contributed by atoms with Crippen LogP contribution in [-0.4, -0.2) is 76.5 Å². The van der Waals surface area contributed by atoms with Crippen molar-refractivity contribution in [2.24, 2.45) is 5.92 Å². The highest BCUT2D eigenvalue weighted by Crippen LogP contribution is 2.34. The molecule has 2 aromatic rings. The van der Waals surface area contributed by atoms with E-state index in [4.69, 9.17) is 21.1 Å². The van der Waals surface area contributed by atoms with Gasteiger partial charge >= 0.3 is 0 Å². The lowest BCUT2D eigenvalue weighted by molar-refractivity contribution is -0.139. The summed E-state index contributed by atoms with van der Waals surface area (Å²) in [7, 11) is 1.55. The molecule has 5 rings (SSSR count). The Morgan fingerprint density at radius 1 is 1.29 bits per heavy atom. The fourth-order valence-corrected chi connectivity index (χ4v) is 6.47. The number of thiophene rings is 1. The van der Waals surface area contributed by atoms with Crippen LogP contribution in [0.5, 0.6) is 5.75 Å². The average molecular weight is 519 g/mol. The number of hydrogen-bond acceptors (Lipinski definition) is 8. The fraction of sp³-hybridized carbons (Fsp3) is 0.542. The van der Waals surface area contributed by atoms with E-state index in [0.717, 1.165) is 37.0 Å². The van der Waals surface area contributed by atoms with Crippen molar-refractivity contribution in [3.05, 3.63) is 29.3 Å². The van der Waals surface area contributed by atoms with E-state index in [9.17, 15) is 14.4 Å². The van der Waals surface area contributed by atoms with E-state index < -0.39 is 23.6 Å². The average Bonchev–Trinajstić information content (AvgIpc) is 3.61. The van der Waals surface area contributed by atoms with E-state index in [1.54, 1.807) is 25.3 Å². The van der Waals surface area contributed by atoms with E-state index in [2.05, 4.69) is 15.5 Å². The zero-order chi connectivity index (χ0) is 24.5. The summed E-state index contributed by atoms with van der Waals surface area (Å²) in [4.78, 5) is 42.3. The number of hydrogen-bond donors (Lipinski definition) is 1. The number of aromatic nitrogens is 2. The van der Waals surface area contributed by atoms with Gasteiger partial charge in [0, 0.05) is 12.6 Å². The van der Waals surface area contributed by atoms with E-state index in [-0.39, 0.29) is 36.7 Å². The van der Waals surface area contributed by atoms with E-state index >= 15 is 0 Å². The normalized spacial score (nSPS) is 25.4. The number of amides is 2. The van der Waals surface area contributed by atoms with Gasteiger partial charge in [0.15, 0.2) is 5.78 Å². The van der Waals surface area contributed by atoms with E-state index in [0.29, 0.717) is 16.3 Å². The number of nitrogens with one attached hydrogen (secondary N) is 1. The van der Waals surface area contributed by atoms with Crippen LogP contribution in [0.4, 0.5) is 0 Å². The minimum Gasteiger partial charge on any atom is -0.495 e. The standard InChI is InChI=1S/C24H27ClN4O5S/c1-33-14-9-16(28-26-10-14)18-7-8-19(35-18)23(31)27-20(13-5-3-2-4-6-13)24(32)29-11-15(25)22-21(29)17(30)12-34-22/h7-10,13,15,20-22H,2-6,11-12H2,1H3,(H,27,31). The lowest BCUT2D eigenvalue weighted by Crippen LogP contribution is -2.55. The zero-order valence-electron chi connectivity index (χ0n) is 19.3. The van der Waals surface area contributed by atoms with Crippen LogP contribution in [-0.2, 0) is 14.3 Å². The number of carbonyl (C=O) groups excluding carboxylic acids is 3. The predicted molar refractivity (Wildman–Crippen MR) is 130 cm³/mol. The maximum Gasteiger partial charge on any atom is 0.262 e. The van der Waals surface area contributed by atoms with Gasteiger partial charge in [0.2, 0.25) is 5.91 Å². The zero-order valence-corrected chi connectivity index (χ0v) is 20.9. The SMILES string of the molecule is COc1cnnc(-c2ccc(C(=O)NC(C(=O)N3CC(Cl)C4OCC(=O)C43)C3CCCCC3)s2)c1. The third kappa shape index (κ3) is 4.79. The fourth-order valence-electron chi connectivity index (χ4n) is 5.24.